The average Bonchev–Trinajstić information content (AvgIpc) is 2.87. The molecule has 24 heavy (non-hydrogen) atoms. The van der Waals surface area contributed by atoms with Gasteiger partial charge in [-0.05, 0) is 31.5 Å². The molecule has 0 spiro atoms. The molecule has 0 saturated heterocycles. The van der Waals surface area contributed by atoms with Gasteiger partial charge in [0.15, 0.2) is 17.2 Å². The van der Waals surface area contributed by atoms with Crippen LogP contribution in [0, 0.1) is 13.8 Å². The molecule has 3 rings (SSSR count). The van der Waals surface area contributed by atoms with E-state index in [1.807, 2.05) is 32.0 Å². The molecule has 0 atom stereocenters. The number of H-pyrrole nitrogens is 1. The number of azo groups is 1. The Bertz CT molecular complexity index is 929. The molecule has 0 aliphatic rings. The van der Waals surface area contributed by atoms with E-state index in [0.717, 1.165) is 11.3 Å². The maximum Gasteiger partial charge on any atom is 0.218 e. The molecular formula is C18H19N3O3. The van der Waals surface area contributed by atoms with Gasteiger partial charge in [-0.3, -0.25) is 0 Å². The molecule has 0 aliphatic heterocycles. The third kappa shape index (κ3) is 2.78. The Balaban J connectivity index is 2.08. The zero-order chi connectivity index (χ0) is 17.3. The highest BCUT2D eigenvalue weighted by molar-refractivity contribution is 5.96. The molecule has 0 aliphatic carbocycles. The summed E-state index contributed by atoms with van der Waals surface area (Å²) in [6, 6.07) is 9.44. The highest BCUT2D eigenvalue weighted by atomic mass is 16.5. The second kappa shape index (κ2) is 6.23. The maximum atomic E-state index is 10.2. The lowest BCUT2D eigenvalue weighted by atomic mass is 10.1. The number of fused-ring (bicyclic) bond motifs is 1. The van der Waals surface area contributed by atoms with Crippen LogP contribution in [0.25, 0.3) is 10.9 Å². The second-order valence-corrected chi connectivity index (χ2v) is 5.56. The van der Waals surface area contributed by atoms with Gasteiger partial charge in [-0.2, -0.15) is 5.11 Å². The van der Waals surface area contributed by atoms with E-state index in [2.05, 4.69) is 15.2 Å². The topological polar surface area (TPSA) is 79.2 Å². The number of aromatic nitrogens is 1. The van der Waals surface area contributed by atoms with Gasteiger partial charge < -0.3 is 19.6 Å². The molecular weight excluding hydrogens is 306 g/mol. The van der Waals surface area contributed by atoms with Crippen molar-refractivity contribution in [2.75, 3.05) is 14.2 Å². The lowest BCUT2D eigenvalue weighted by Crippen LogP contribution is -1.89. The van der Waals surface area contributed by atoms with Gasteiger partial charge >= 0.3 is 0 Å². The third-order valence-electron chi connectivity index (χ3n) is 3.87. The van der Waals surface area contributed by atoms with Crippen LogP contribution in [0.4, 0.5) is 11.4 Å². The first kappa shape index (κ1) is 15.9. The van der Waals surface area contributed by atoms with Gasteiger partial charge in [0.25, 0.3) is 0 Å². The number of nitrogens with one attached hydrogen (secondary N) is 1. The summed E-state index contributed by atoms with van der Waals surface area (Å²) in [7, 11) is 3.13. The quantitative estimate of drug-likeness (QED) is 0.668. The van der Waals surface area contributed by atoms with E-state index in [4.69, 9.17) is 9.47 Å². The summed E-state index contributed by atoms with van der Waals surface area (Å²) in [4.78, 5) is 2.88. The van der Waals surface area contributed by atoms with Crippen molar-refractivity contribution in [1.82, 2.24) is 4.98 Å². The molecule has 1 heterocycles. The molecule has 0 radical (unpaired) electrons. The predicted molar refractivity (Wildman–Crippen MR) is 93.2 cm³/mol. The zero-order valence-electron chi connectivity index (χ0n) is 14.0. The Kier molecular flexibility index (Phi) is 4.12. The van der Waals surface area contributed by atoms with Crippen molar-refractivity contribution in [3.05, 3.63) is 41.5 Å². The minimum atomic E-state index is -0.0474. The summed E-state index contributed by atoms with van der Waals surface area (Å²) < 4.78 is 10.6. The first-order valence-corrected chi connectivity index (χ1v) is 7.49. The van der Waals surface area contributed by atoms with Crippen LogP contribution in [0.15, 0.2) is 40.6 Å². The van der Waals surface area contributed by atoms with Crippen LogP contribution in [-0.2, 0) is 0 Å². The number of hydrogen-bond acceptors (Lipinski definition) is 5. The summed E-state index contributed by atoms with van der Waals surface area (Å²) in [5.74, 6) is 1.09. The van der Waals surface area contributed by atoms with Crippen LogP contribution in [-0.4, -0.2) is 24.3 Å². The van der Waals surface area contributed by atoms with Gasteiger partial charge in [-0.15, -0.1) is 5.11 Å². The van der Waals surface area contributed by atoms with Crippen molar-refractivity contribution in [1.29, 1.82) is 0 Å². The van der Waals surface area contributed by atoms with Crippen LogP contribution >= 0.6 is 0 Å². The lowest BCUT2D eigenvalue weighted by molar-refractivity contribution is 0.356. The van der Waals surface area contributed by atoms with E-state index in [0.29, 0.717) is 28.1 Å². The van der Waals surface area contributed by atoms with Gasteiger partial charge in [0.2, 0.25) is 5.88 Å². The molecule has 0 unspecified atom stereocenters. The largest absolute Gasteiger partial charge is 0.493 e. The Morgan fingerprint density at radius 3 is 2.33 bits per heavy atom. The second-order valence-electron chi connectivity index (χ2n) is 5.56. The fourth-order valence-electron chi connectivity index (χ4n) is 2.62. The van der Waals surface area contributed by atoms with Crippen LogP contribution in [0.3, 0.4) is 0 Å². The number of aromatic hydroxyl groups is 1. The van der Waals surface area contributed by atoms with Gasteiger partial charge in [0, 0.05) is 11.5 Å². The van der Waals surface area contributed by atoms with Gasteiger partial charge in [-0.1, -0.05) is 17.7 Å². The molecule has 0 saturated carbocycles. The van der Waals surface area contributed by atoms with E-state index in [1.165, 1.54) is 5.56 Å². The van der Waals surface area contributed by atoms with E-state index >= 15 is 0 Å². The van der Waals surface area contributed by atoms with Crippen molar-refractivity contribution in [2.45, 2.75) is 13.8 Å². The number of ether oxygens (including phenoxy) is 2. The number of methoxy groups -OCH3 is 2. The van der Waals surface area contributed by atoms with Crippen LogP contribution in [0.2, 0.25) is 0 Å². The Hall–Kier alpha value is -3.02. The van der Waals surface area contributed by atoms with E-state index in [1.54, 1.807) is 26.4 Å². The van der Waals surface area contributed by atoms with Crippen molar-refractivity contribution < 1.29 is 14.6 Å². The van der Waals surface area contributed by atoms with Crippen molar-refractivity contribution >= 4 is 22.3 Å². The Morgan fingerprint density at radius 2 is 1.67 bits per heavy atom. The lowest BCUT2D eigenvalue weighted by Gasteiger charge is -2.07. The summed E-state index contributed by atoms with van der Waals surface area (Å²) in [6.45, 7) is 4.00. The molecule has 2 aromatic carbocycles. The molecule has 0 amide bonds. The Morgan fingerprint density at radius 1 is 0.958 bits per heavy atom. The van der Waals surface area contributed by atoms with Crippen molar-refractivity contribution in [3.63, 3.8) is 0 Å². The minimum absolute atomic E-state index is 0.0474. The maximum absolute atomic E-state index is 10.2. The highest BCUT2D eigenvalue weighted by Crippen LogP contribution is 2.41. The summed E-state index contributed by atoms with van der Waals surface area (Å²) >= 11 is 0. The fourth-order valence-corrected chi connectivity index (χ4v) is 2.62. The number of hydrogen-bond donors (Lipinski definition) is 2. The van der Waals surface area contributed by atoms with Gasteiger partial charge in [-0.25, -0.2) is 0 Å². The summed E-state index contributed by atoms with van der Waals surface area (Å²) in [5, 5.41) is 19.4. The van der Waals surface area contributed by atoms with Gasteiger partial charge in [0.05, 0.1) is 25.4 Å². The summed E-state index contributed by atoms with van der Waals surface area (Å²) in [6.07, 6.45) is 0. The monoisotopic (exact) mass is 325 g/mol. The van der Waals surface area contributed by atoms with Crippen molar-refractivity contribution in [3.8, 4) is 17.4 Å². The van der Waals surface area contributed by atoms with E-state index < -0.39 is 0 Å². The molecule has 2 N–H and O–H groups in total. The van der Waals surface area contributed by atoms with Crippen LogP contribution in [0.1, 0.15) is 11.1 Å². The third-order valence-corrected chi connectivity index (χ3v) is 3.87. The van der Waals surface area contributed by atoms with Gasteiger partial charge in [0.1, 0.15) is 0 Å². The normalized spacial score (nSPS) is 11.3. The number of rotatable bonds is 4. The molecule has 6 nitrogen and oxygen atoms in total. The minimum Gasteiger partial charge on any atom is -0.493 e. The summed E-state index contributed by atoms with van der Waals surface area (Å²) in [5.41, 5.74) is 4.01. The SMILES string of the molecule is COc1cc2[nH]c(O)c(N=Nc3ccc(C)cc3C)c2cc1OC. The van der Waals surface area contributed by atoms with Crippen LogP contribution < -0.4 is 9.47 Å². The number of nitrogens with zero attached hydrogens (tertiary/aromatic N) is 2. The smallest absolute Gasteiger partial charge is 0.218 e. The first-order chi connectivity index (χ1) is 11.5. The number of benzene rings is 2. The molecule has 124 valence electrons. The van der Waals surface area contributed by atoms with E-state index in [-0.39, 0.29) is 5.88 Å². The Labute approximate surface area is 139 Å². The number of aryl methyl sites for hydroxylation is 2. The standard InChI is InChI=1S/C18H19N3O3/c1-10-5-6-13(11(2)7-10)20-21-17-12-8-15(23-3)16(24-4)9-14(12)19-18(17)22/h5-9,19,22H,1-4H3. The highest BCUT2D eigenvalue weighted by Gasteiger charge is 2.15. The zero-order valence-corrected chi connectivity index (χ0v) is 14.0. The average molecular weight is 325 g/mol. The first-order valence-electron chi connectivity index (χ1n) is 7.49. The van der Waals surface area contributed by atoms with E-state index in [9.17, 15) is 5.11 Å². The molecule has 0 bridgehead atoms. The molecule has 6 heteroatoms. The molecule has 3 aromatic rings. The fraction of sp³-hybridized carbons (Fsp3) is 0.222. The van der Waals surface area contributed by atoms with Crippen molar-refractivity contribution in [2.24, 2.45) is 10.2 Å². The molecule has 0 fully saturated rings. The molecule has 1 aromatic heterocycles. The predicted octanol–water partition coefficient (Wildman–Crippen LogP) is 4.92. The number of aromatic amines is 1. The van der Waals surface area contributed by atoms with Crippen LogP contribution in [0.5, 0.6) is 17.4 Å².